The fraction of sp³-hybridized carbons (Fsp3) is 0.500. The lowest BCUT2D eigenvalue weighted by Crippen LogP contribution is -3.11. The van der Waals surface area contributed by atoms with Crippen LogP contribution in [0.3, 0.4) is 0 Å². The van der Waals surface area contributed by atoms with Crippen LogP contribution in [0.15, 0.2) is 34.2 Å². The number of nitrogens with one attached hydrogen (secondary N) is 1. The normalized spacial score (nSPS) is 11.2. The molecule has 0 aliphatic heterocycles. The molecular weight excluding hydrogens is 336 g/mol. The lowest BCUT2D eigenvalue weighted by molar-refractivity contribution is -0.897. The Hall–Kier alpha value is -1.86. The molecule has 0 aliphatic carbocycles. The molecule has 1 N–H and O–H groups in total. The van der Waals surface area contributed by atoms with Crippen molar-refractivity contribution in [2.24, 2.45) is 0 Å². The number of nitrogens with zero attached hydrogens (tertiary/aromatic N) is 3. The third-order valence-electron chi connectivity index (χ3n) is 4.34. The largest absolute Gasteiger partial charge is 0.348 e. The zero-order valence-electron chi connectivity index (χ0n) is 15.4. The fourth-order valence-corrected chi connectivity index (χ4v) is 3.59. The first-order valence-corrected chi connectivity index (χ1v) is 9.62. The zero-order chi connectivity index (χ0) is 18.4. The third kappa shape index (κ3) is 4.83. The Morgan fingerprint density at radius 3 is 2.56 bits per heavy atom. The van der Waals surface area contributed by atoms with Gasteiger partial charge in [0, 0.05) is 14.1 Å². The highest BCUT2D eigenvalue weighted by molar-refractivity contribution is 7.99. The van der Waals surface area contributed by atoms with E-state index in [2.05, 4.69) is 18.8 Å². The van der Waals surface area contributed by atoms with E-state index < -0.39 is 0 Å². The Bertz CT molecular complexity index is 784. The van der Waals surface area contributed by atoms with Crippen LogP contribution in [0, 0.1) is 0 Å². The van der Waals surface area contributed by atoms with Gasteiger partial charge in [-0.25, -0.2) is 4.98 Å². The van der Waals surface area contributed by atoms with Gasteiger partial charge in [-0.15, -0.1) is 0 Å². The van der Waals surface area contributed by atoms with Crippen LogP contribution in [0.4, 0.5) is 0 Å². The van der Waals surface area contributed by atoms with Crippen LogP contribution in [0.5, 0.6) is 0 Å². The predicted molar refractivity (Wildman–Crippen MR) is 102 cm³/mol. The van der Waals surface area contributed by atoms with E-state index in [9.17, 15) is 9.59 Å². The van der Waals surface area contributed by atoms with Crippen molar-refractivity contribution >= 4 is 28.6 Å². The molecule has 2 rings (SSSR count). The van der Waals surface area contributed by atoms with Crippen LogP contribution in [0.1, 0.15) is 13.8 Å². The van der Waals surface area contributed by atoms with Crippen LogP contribution in [-0.4, -0.2) is 59.8 Å². The van der Waals surface area contributed by atoms with Gasteiger partial charge in [0.15, 0.2) is 5.16 Å². The molecule has 136 valence electrons. The number of amides is 1. The Morgan fingerprint density at radius 1 is 1.24 bits per heavy atom. The van der Waals surface area contributed by atoms with E-state index >= 15 is 0 Å². The minimum atomic E-state index is -0.0306. The molecule has 1 aromatic heterocycles. The first kappa shape index (κ1) is 19.5. The van der Waals surface area contributed by atoms with Crippen molar-refractivity contribution in [3.8, 4) is 0 Å². The number of para-hydroxylation sites is 1. The molecule has 0 saturated carbocycles. The summed E-state index contributed by atoms with van der Waals surface area (Å²) in [6, 6.07) is 7.38. The highest BCUT2D eigenvalue weighted by Crippen LogP contribution is 2.17. The molecule has 0 atom stereocenters. The lowest BCUT2D eigenvalue weighted by atomic mass is 10.2. The quantitative estimate of drug-likeness (QED) is 0.548. The second-order valence-corrected chi connectivity index (χ2v) is 7.09. The number of rotatable bonds is 8. The maximum atomic E-state index is 12.9. The number of benzene rings is 1. The number of fused-ring (bicyclic) bond motifs is 1. The predicted octanol–water partition coefficient (Wildman–Crippen LogP) is 0.502. The number of thioether (sulfide) groups is 1. The molecule has 1 amide bonds. The lowest BCUT2D eigenvalue weighted by Gasteiger charge is -2.18. The average Bonchev–Trinajstić information content (AvgIpc) is 2.62. The number of quaternary nitrogens is 1. The molecular formula is C18H27N4O2S+. The van der Waals surface area contributed by atoms with Crippen molar-refractivity contribution in [3.05, 3.63) is 34.6 Å². The topological polar surface area (TPSA) is 59.6 Å². The van der Waals surface area contributed by atoms with Crippen molar-refractivity contribution in [1.82, 2.24) is 14.5 Å². The smallest absolute Gasteiger partial charge is 0.262 e. The minimum absolute atomic E-state index is 0.00771. The summed E-state index contributed by atoms with van der Waals surface area (Å²) in [7, 11) is 3.46. The molecule has 6 nitrogen and oxygen atoms in total. The summed E-state index contributed by atoms with van der Waals surface area (Å²) in [6.45, 7) is 7.80. The molecule has 1 heterocycles. The van der Waals surface area contributed by atoms with Crippen molar-refractivity contribution in [3.63, 3.8) is 0 Å². The van der Waals surface area contributed by atoms with Crippen molar-refractivity contribution in [2.45, 2.75) is 25.5 Å². The maximum absolute atomic E-state index is 12.9. The Balaban J connectivity index is 2.36. The summed E-state index contributed by atoms with van der Waals surface area (Å²) in [6.07, 6.45) is 0. The SMILES string of the molecule is CC[NH+](CC)CCn1c(SCC(=O)N(C)C)nc2ccccc2c1=O. The summed E-state index contributed by atoms with van der Waals surface area (Å²) < 4.78 is 1.72. The first-order valence-electron chi connectivity index (χ1n) is 8.64. The molecule has 1 aromatic carbocycles. The van der Waals surface area contributed by atoms with Gasteiger partial charge in [0.2, 0.25) is 5.91 Å². The maximum Gasteiger partial charge on any atom is 0.262 e. The summed E-state index contributed by atoms with van der Waals surface area (Å²) >= 11 is 1.33. The van der Waals surface area contributed by atoms with Gasteiger partial charge in [0.05, 0.1) is 42.8 Å². The van der Waals surface area contributed by atoms with Crippen LogP contribution in [0.2, 0.25) is 0 Å². The van der Waals surface area contributed by atoms with Crippen LogP contribution < -0.4 is 10.5 Å². The summed E-state index contributed by atoms with van der Waals surface area (Å²) in [5.41, 5.74) is 0.649. The van der Waals surface area contributed by atoms with E-state index in [1.165, 1.54) is 16.7 Å². The van der Waals surface area contributed by atoms with Gasteiger partial charge in [-0.05, 0) is 26.0 Å². The van der Waals surface area contributed by atoms with Gasteiger partial charge in [-0.2, -0.15) is 0 Å². The number of hydrogen-bond donors (Lipinski definition) is 1. The summed E-state index contributed by atoms with van der Waals surface area (Å²) in [5, 5.41) is 1.24. The number of hydrogen-bond acceptors (Lipinski definition) is 4. The van der Waals surface area contributed by atoms with E-state index in [1.54, 1.807) is 23.6 Å². The molecule has 0 radical (unpaired) electrons. The monoisotopic (exact) mass is 363 g/mol. The molecule has 2 aromatic rings. The molecule has 0 saturated heterocycles. The number of likely N-dealkylation sites (N-methyl/N-ethyl adjacent to an activating group) is 1. The van der Waals surface area contributed by atoms with Crippen LogP contribution >= 0.6 is 11.8 Å². The summed E-state index contributed by atoms with van der Waals surface area (Å²) in [4.78, 5) is 32.5. The number of carbonyl (C=O) groups is 1. The average molecular weight is 364 g/mol. The van der Waals surface area contributed by atoms with Gasteiger partial charge in [-0.1, -0.05) is 23.9 Å². The van der Waals surface area contributed by atoms with Crippen LogP contribution in [-0.2, 0) is 11.3 Å². The van der Waals surface area contributed by atoms with Crippen molar-refractivity contribution < 1.29 is 9.69 Å². The highest BCUT2D eigenvalue weighted by Gasteiger charge is 2.15. The van der Waals surface area contributed by atoms with Gasteiger partial charge in [0.25, 0.3) is 5.56 Å². The van der Waals surface area contributed by atoms with E-state index in [4.69, 9.17) is 0 Å². The van der Waals surface area contributed by atoms with Crippen molar-refractivity contribution in [2.75, 3.05) is 39.5 Å². The minimum Gasteiger partial charge on any atom is -0.348 e. The Morgan fingerprint density at radius 2 is 1.92 bits per heavy atom. The van der Waals surface area contributed by atoms with E-state index in [-0.39, 0.29) is 17.2 Å². The first-order chi connectivity index (χ1) is 12.0. The van der Waals surface area contributed by atoms with E-state index in [0.29, 0.717) is 22.6 Å². The van der Waals surface area contributed by atoms with E-state index in [0.717, 1.165) is 19.6 Å². The van der Waals surface area contributed by atoms with E-state index in [1.807, 2.05) is 24.3 Å². The van der Waals surface area contributed by atoms with Gasteiger partial charge >= 0.3 is 0 Å². The second-order valence-electron chi connectivity index (χ2n) is 6.15. The Kier molecular flexibility index (Phi) is 7.01. The third-order valence-corrected chi connectivity index (χ3v) is 5.30. The van der Waals surface area contributed by atoms with Gasteiger partial charge in [-0.3, -0.25) is 14.2 Å². The molecule has 7 heteroatoms. The van der Waals surface area contributed by atoms with Gasteiger partial charge in [0.1, 0.15) is 0 Å². The van der Waals surface area contributed by atoms with Gasteiger partial charge < -0.3 is 9.80 Å². The molecule has 25 heavy (non-hydrogen) atoms. The zero-order valence-corrected chi connectivity index (χ0v) is 16.2. The highest BCUT2D eigenvalue weighted by atomic mass is 32.2. The second kappa shape index (κ2) is 9.01. The Labute approximate surface area is 152 Å². The number of carbonyl (C=O) groups excluding carboxylic acids is 1. The standard InChI is InChI=1S/C18H26N4O2S/c1-5-21(6-2)11-12-22-17(24)14-9-7-8-10-15(14)19-18(22)25-13-16(23)20(3)4/h7-10H,5-6,11-13H2,1-4H3/p+1. The molecule has 0 aliphatic rings. The van der Waals surface area contributed by atoms with Crippen LogP contribution in [0.25, 0.3) is 10.9 Å². The van der Waals surface area contributed by atoms with Crippen molar-refractivity contribution in [1.29, 1.82) is 0 Å². The molecule has 0 bridgehead atoms. The number of aromatic nitrogens is 2. The molecule has 0 spiro atoms. The summed E-state index contributed by atoms with van der Waals surface area (Å²) in [5.74, 6) is 0.281. The molecule has 0 fully saturated rings. The fourth-order valence-electron chi connectivity index (χ4n) is 2.58. The molecule has 0 unspecified atom stereocenters.